The van der Waals surface area contributed by atoms with Crippen molar-refractivity contribution in [2.75, 3.05) is 5.75 Å². The van der Waals surface area contributed by atoms with E-state index >= 15 is 0 Å². The predicted molar refractivity (Wildman–Crippen MR) is 126 cm³/mol. The summed E-state index contributed by atoms with van der Waals surface area (Å²) in [6.45, 7) is 1.99. The first kappa shape index (κ1) is 20.0. The summed E-state index contributed by atoms with van der Waals surface area (Å²) in [7, 11) is 0. The maximum Gasteiger partial charge on any atom is 0.276 e. The van der Waals surface area contributed by atoms with Gasteiger partial charge >= 0.3 is 0 Å². The lowest BCUT2D eigenvalue weighted by Gasteiger charge is -2.15. The second-order valence-corrected chi connectivity index (χ2v) is 9.51. The predicted octanol–water partition coefficient (Wildman–Crippen LogP) is 4.65. The molecule has 4 aromatic rings. The van der Waals surface area contributed by atoms with Crippen LogP contribution >= 0.6 is 23.1 Å². The Hall–Kier alpha value is -2.90. The molecule has 1 aliphatic rings. The number of hydrogen-bond acceptors (Lipinski definition) is 5. The van der Waals surface area contributed by atoms with Crippen molar-refractivity contribution in [1.82, 2.24) is 14.9 Å². The molecule has 0 radical (unpaired) electrons. The molecule has 0 unspecified atom stereocenters. The van der Waals surface area contributed by atoms with Crippen LogP contribution in [0.1, 0.15) is 29.2 Å². The Kier molecular flexibility index (Phi) is 5.38. The van der Waals surface area contributed by atoms with E-state index in [9.17, 15) is 9.59 Å². The molecule has 0 spiro atoms. The number of nitrogens with zero attached hydrogens (tertiary/aromatic N) is 2. The second-order valence-electron chi connectivity index (χ2n) is 7.66. The van der Waals surface area contributed by atoms with Gasteiger partial charge in [-0.15, -0.1) is 11.3 Å². The minimum Gasteiger partial charge on any atom is -0.349 e. The first-order valence-electron chi connectivity index (χ1n) is 10.2. The topological polar surface area (TPSA) is 64.0 Å². The fraction of sp³-hybridized carbons (Fsp3) is 0.208. The van der Waals surface area contributed by atoms with Gasteiger partial charge in [0, 0.05) is 0 Å². The molecule has 0 saturated carbocycles. The van der Waals surface area contributed by atoms with Gasteiger partial charge < -0.3 is 5.32 Å². The number of amides is 1. The normalized spacial score (nSPS) is 15.2. The lowest BCUT2D eigenvalue weighted by atomic mass is 10.1. The van der Waals surface area contributed by atoms with E-state index in [2.05, 4.69) is 17.4 Å². The fourth-order valence-corrected chi connectivity index (χ4v) is 5.64. The van der Waals surface area contributed by atoms with Gasteiger partial charge in [0.1, 0.15) is 4.70 Å². The highest BCUT2D eigenvalue weighted by Gasteiger charge is 2.24. The number of carbonyl (C=O) groups excluding carboxylic acids is 1. The summed E-state index contributed by atoms with van der Waals surface area (Å²) < 4.78 is 2.24. The number of fused-ring (bicyclic) bond motifs is 2. The average Bonchev–Trinajstić information content (AvgIpc) is 3.40. The van der Waals surface area contributed by atoms with Gasteiger partial charge in [0.25, 0.3) is 5.56 Å². The highest BCUT2D eigenvalue weighted by atomic mass is 32.2. The number of benzene rings is 2. The number of hydrogen-bond donors (Lipinski definition) is 1. The standard InChI is InChI=1S/C24H21N3O2S2/c1-15-5-4-7-17(13-15)27-23(29)22-20(11-12-30-22)26-24(27)31-14-21(28)25-19-10-9-16-6-2-3-8-18(16)19/h2-8,11-13,19H,9-10,14H2,1H3,(H,25,28)/t19-/m0/s1. The molecule has 2 heterocycles. The van der Waals surface area contributed by atoms with Gasteiger partial charge in [0.05, 0.1) is 23.0 Å². The maximum absolute atomic E-state index is 13.2. The van der Waals surface area contributed by atoms with Crippen LogP contribution in [-0.4, -0.2) is 21.2 Å². The molecule has 1 N–H and O–H groups in total. The van der Waals surface area contributed by atoms with Crippen molar-refractivity contribution in [3.05, 3.63) is 87.0 Å². The molecule has 0 saturated heterocycles. The minimum atomic E-state index is -0.0989. The number of thioether (sulfide) groups is 1. The Bertz CT molecular complexity index is 1340. The van der Waals surface area contributed by atoms with E-state index in [4.69, 9.17) is 4.98 Å². The van der Waals surface area contributed by atoms with Crippen LogP contribution in [0.5, 0.6) is 0 Å². The Morgan fingerprint density at radius 2 is 2.10 bits per heavy atom. The van der Waals surface area contributed by atoms with Crippen molar-refractivity contribution in [1.29, 1.82) is 0 Å². The van der Waals surface area contributed by atoms with Gasteiger partial charge in [0.2, 0.25) is 5.91 Å². The van der Waals surface area contributed by atoms with Crippen LogP contribution in [0.2, 0.25) is 0 Å². The van der Waals surface area contributed by atoms with Crippen LogP contribution in [0.15, 0.2) is 69.9 Å². The van der Waals surface area contributed by atoms with Crippen molar-refractivity contribution < 1.29 is 4.79 Å². The quantitative estimate of drug-likeness (QED) is 0.357. The largest absolute Gasteiger partial charge is 0.349 e. The Morgan fingerprint density at radius 3 is 2.97 bits per heavy atom. The summed E-state index contributed by atoms with van der Waals surface area (Å²) in [6, 6.07) is 17.9. The van der Waals surface area contributed by atoms with E-state index in [0.717, 1.165) is 24.1 Å². The molecule has 156 valence electrons. The van der Waals surface area contributed by atoms with E-state index in [0.29, 0.717) is 15.4 Å². The summed E-state index contributed by atoms with van der Waals surface area (Å²) >= 11 is 2.69. The number of nitrogens with one attached hydrogen (secondary N) is 1. The first-order chi connectivity index (χ1) is 15.1. The van der Waals surface area contributed by atoms with Crippen LogP contribution in [-0.2, 0) is 11.2 Å². The third kappa shape index (κ3) is 3.91. The molecule has 1 atom stereocenters. The van der Waals surface area contributed by atoms with Gasteiger partial charge in [-0.3, -0.25) is 14.2 Å². The number of aromatic nitrogens is 2. The van der Waals surface area contributed by atoms with Gasteiger partial charge in [-0.1, -0.05) is 48.2 Å². The molecule has 0 fully saturated rings. The van der Waals surface area contributed by atoms with E-state index in [1.54, 1.807) is 4.57 Å². The molecular weight excluding hydrogens is 426 g/mol. The van der Waals surface area contributed by atoms with Crippen molar-refractivity contribution in [2.24, 2.45) is 0 Å². The number of thiophene rings is 1. The van der Waals surface area contributed by atoms with Gasteiger partial charge in [-0.2, -0.15) is 0 Å². The fourth-order valence-electron chi connectivity index (χ4n) is 4.06. The number of rotatable bonds is 5. The van der Waals surface area contributed by atoms with E-state index < -0.39 is 0 Å². The third-order valence-electron chi connectivity index (χ3n) is 5.51. The van der Waals surface area contributed by atoms with Crippen LogP contribution in [0, 0.1) is 6.92 Å². The van der Waals surface area contributed by atoms with E-state index in [1.165, 1.54) is 34.2 Å². The summed E-state index contributed by atoms with van der Waals surface area (Å²) in [5.41, 5.74) is 4.91. The average molecular weight is 448 g/mol. The molecule has 5 nitrogen and oxygen atoms in total. The number of carbonyl (C=O) groups is 1. The number of aryl methyl sites for hydroxylation is 2. The molecule has 5 rings (SSSR count). The highest BCUT2D eigenvalue weighted by Crippen LogP contribution is 2.31. The van der Waals surface area contributed by atoms with Crippen LogP contribution in [0.4, 0.5) is 0 Å². The molecule has 0 bridgehead atoms. The lowest BCUT2D eigenvalue weighted by Crippen LogP contribution is -2.29. The van der Waals surface area contributed by atoms with Crippen molar-refractivity contribution in [2.45, 2.75) is 31.0 Å². The van der Waals surface area contributed by atoms with E-state index in [-0.39, 0.29) is 23.3 Å². The molecular formula is C24H21N3O2S2. The van der Waals surface area contributed by atoms with Crippen molar-refractivity contribution in [3.8, 4) is 5.69 Å². The van der Waals surface area contributed by atoms with Gasteiger partial charge in [-0.05, 0) is 60.0 Å². The van der Waals surface area contributed by atoms with Crippen LogP contribution in [0.3, 0.4) is 0 Å². The first-order valence-corrected chi connectivity index (χ1v) is 12.0. The summed E-state index contributed by atoms with van der Waals surface area (Å²) in [5, 5.41) is 5.55. The van der Waals surface area contributed by atoms with Crippen LogP contribution < -0.4 is 10.9 Å². The highest BCUT2D eigenvalue weighted by molar-refractivity contribution is 7.99. The van der Waals surface area contributed by atoms with Crippen molar-refractivity contribution >= 4 is 39.2 Å². The molecule has 1 aliphatic carbocycles. The zero-order valence-electron chi connectivity index (χ0n) is 17.0. The molecule has 7 heteroatoms. The lowest BCUT2D eigenvalue weighted by molar-refractivity contribution is -0.119. The van der Waals surface area contributed by atoms with E-state index in [1.807, 2.05) is 54.8 Å². The smallest absolute Gasteiger partial charge is 0.276 e. The minimum absolute atomic E-state index is 0.0515. The Labute approximate surface area is 188 Å². The summed E-state index contributed by atoms with van der Waals surface area (Å²) in [5.74, 6) is 0.147. The van der Waals surface area contributed by atoms with Gasteiger partial charge in [0.15, 0.2) is 5.16 Å². The Morgan fingerprint density at radius 1 is 1.23 bits per heavy atom. The van der Waals surface area contributed by atoms with Crippen LogP contribution in [0.25, 0.3) is 15.9 Å². The second kappa shape index (κ2) is 8.32. The molecule has 2 aromatic carbocycles. The molecule has 2 aromatic heterocycles. The SMILES string of the molecule is Cc1cccc(-n2c(SCC(=O)N[C@H]3CCc4ccccc43)nc3ccsc3c2=O)c1. The monoisotopic (exact) mass is 447 g/mol. The molecule has 0 aliphatic heterocycles. The third-order valence-corrected chi connectivity index (χ3v) is 7.34. The molecule has 1 amide bonds. The summed E-state index contributed by atoms with van der Waals surface area (Å²) in [6.07, 6.45) is 1.90. The zero-order valence-corrected chi connectivity index (χ0v) is 18.6. The van der Waals surface area contributed by atoms with Crippen molar-refractivity contribution in [3.63, 3.8) is 0 Å². The van der Waals surface area contributed by atoms with Gasteiger partial charge in [-0.25, -0.2) is 4.98 Å². The zero-order chi connectivity index (χ0) is 21.4. The maximum atomic E-state index is 13.2. The molecule has 31 heavy (non-hydrogen) atoms. The summed E-state index contributed by atoms with van der Waals surface area (Å²) in [4.78, 5) is 30.6. The Balaban J connectivity index is 1.41.